The Balaban J connectivity index is 1.56. The molecule has 4 rings (SSSR count). The van der Waals surface area contributed by atoms with Crippen LogP contribution in [0.5, 0.6) is 5.75 Å². The first-order chi connectivity index (χ1) is 10.7. The summed E-state index contributed by atoms with van der Waals surface area (Å²) in [5.41, 5.74) is 3.81. The van der Waals surface area contributed by atoms with E-state index in [1.54, 1.807) is 18.2 Å². The maximum absolute atomic E-state index is 12.6. The number of carbonyl (C=O) groups excluding carboxylic acids is 1. The van der Waals surface area contributed by atoms with Crippen LogP contribution in [0.1, 0.15) is 29.5 Å². The van der Waals surface area contributed by atoms with Crippen molar-refractivity contribution in [3.63, 3.8) is 0 Å². The summed E-state index contributed by atoms with van der Waals surface area (Å²) in [6.45, 7) is 1.54. The summed E-state index contributed by atoms with van der Waals surface area (Å²) in [6, 6.07) is 15.5. The first-order valence-corrected chi connectivity index (χ1v) is 7.80. The molecule has 0 bridgehead atoms. The molecule has 1 saturated carbocycles. The molecular weight excluding hydrogens is 274 g/mol. The third-order valence-electron chi connectivity index (χ3n) is 4.92. The van der Waals surface area contributed by atoms with Gasteiger partial charge in [-0.3, -0.25) is 4.79 Å². The van der Waals surface area contributed by atoms with Crippen LogP contribution in [0, 0.1) is 0 Å². The Bertz CT molecular complexity index is 734. The van der Waals surface area contributed by atoms with E-state index in [0.29, 0.717) is 13.0 Å². The molecule has 3 heteroatoms. The highest BCUT2D eigenvalue weighted by molar-refractivity contribution is 5.79. The molecule has 112 valence electrons. The fourth-order valence-corrected chi connectivity index (χ4v) is 3.60. The summed E-state index contributed by atoms with van der Waals surface area (Å²) in [5.74, 6) is 0.360. The van der Waals surface area contributed by atoms with Crippen molar-refractivity contribution in [2.45, 2.75) is 31.2 Å². The van der Waals surface area contributed by atoms with Crippen molar-refractivity contribution in [2.75, 3.05) is 6.54 Å². The molecule has 1 N–H and O–H groups in total. The predicted octanol–water partition coefficient (Wildman–Crippen LogP) is 3.01. The monoisotopic (exact) mass is 293 g/mol. The molecule has 0 aromatic heterocycles. The van der Waals surface area contributed by atoms with Crippen LogP contribution in [0.15, 0.2) is 48.5 Å². The summed E-state index contributed by atoms with van der Waals surface area (Å²) in [7, 11) is 0. The minimum absolute atomic E-state index is 0.145. The average molecular weight is 293 g/mol. The van der Waals surface area contributed by atoms with E-state index in [9.17, 15) is 9.90 Å². The van der Waals surface area contributed by atoms with Crippen molar-refractivity contribution in [1.29, 1.82) is 0 Å². The van der Waals surface area contributed by atoms with Gasteiger partial charge in [0.2, 0.25) is 5.91 Å². The van der Waals surface area contributed by atoms with Crippen LogP contribution in [0.25, 0.3) is 0 Å². The number of amides is 1. The number of phenols is 1. The van der Waals surface area contributed by atoms with Gasteiger partial charge in [-0.1, -0.05) is 36.4 Å². The molecule has 2 aromatic carbocycles. The molecule has 1 spiro atoms. The molecule has 0 unspecified atom stereocenters. The maximum atomic E-state index is 12.6. The SMILES string of the molecule is O=C(Cc1cccc(O)c1)N1Cc2ccccc2C2(CC2)C1. The summed E-state index contributed by atoms with van der Waals surface area (Å²) >= 11 is 0. The molecule has 0 radical (unpaired) electrons. The van der Waals surface area contributed by atoms with Gasteiger partial charge in [0.15, 0.2) is 0 Å². The lowest BCUT2D eigenvalue weighted by molar-refractivity contribution is -0.132. The van der Waals surface area contributed by atoms with Gasteiger partial charge in [-0.25, -0.2) is 0 Å². The van der Waals surface area contributed by atoms with Crippen molar-refractivity contribution in [2.24, 2.45) is 0 Å². The quantitative estimate of drug-likeness (QED) is 0.924. The summed E-state index contributed by atoms with van der Waals surface area (Å²) < 4.78 is 0. The van der Waals surface area contributed by atoms with Gasteiger partial charge in [0.25, 0.3) is 0 Å². The number of benzene rings is 2. The molecule has 0 atom stereocenters. The number of nitrogens with zero attached hydrogens (tertiary/aromatic N) is 1. The number of hydrogen-bond acceptors (Lipinski definition) is 2. The van der Waals surface area contributed by atoms with Crippen LogP contribution >= 0.6 is 0 Å². The van der Waals surface area contributed by atoms with Gasteiger partial charge in [-0.15, -0.1) is 0 Å². The van der Waals surface area contributed by atoms with Crippen molar-refractivity contribution >= 4 is 5.91 Å². The van der Waals surface area contributed by atoms with Crippen LogP contribution < -0.4 is 0 Å². The van der Waals surface area contributed by atoms with E-state index in [1.165, 1.54) is 24.0 Å². The van der Waals surface area contributed by atoms with Crippen molar-refractivity contribution in [3.05, 3.63) is 65.2 Å². The summed E-state index contributed by atoms with van der Waals surface area (Å²) in [6.07, 6.45) is 2.71. The van der Waals surface area contributed by atoms with E-state index in [0.717, 1.165) is 12.1 Å². The van der Waals surface area contributed by atoms with E-state index in [1.807, 2.05) is 11.0 Å². The molecular formula is C19H19NO2. The van der Waals surface area contributed by atoms with Crippen molar-refractivity contribution in [1.82, 2.24) is 4.90 Å². The van der Waals surface area contributed by atoms with Crippen molar-refractivity contribution < 1.29 is 9.90 Å². The van der Waals surface area contributed by atoms with Gasteiger partial charge in [-0.05, 0) is 41.7 Å². The standard InChI is InChI=1S/C19H19NO2/c21-16-6-3-4-14(10-16)11-18(22)20-12-15-5-1-2-7-17(15)19(13-20)8-9-19/h1-7,10,21H,8-9,11-13H2. The molecule has 22 heavy (non-hydrogen) atoms. The minimum Gasteiger partial charge on any atom is -0.508 e. The topological polar surface area (TPSA) is 40.5 Å². The number of carbonyl (C=O) groups is 1. The lowest BCUT2D eigenvalue weighted by atomic mass is 9.87. The molecule has 1 aliphatic heterocycles. The summed E-state index contributed by atoms with van der Waals surface area (Å²) in [4.78, 5) is 14.6. The second-order valence-corrected chi connectivity index (χ2v) is 6.53. The van der Waals surface area contributed by atoms with E-state index in [-0.39, 0.29) is 17.1 Å². The number of rotatable bonds is 2. The zero-order valence-electron chi connectivity index (χ0n) is 12.5. The van der Waals surface area contributed by atoms with E-state index in [4.69, 9.17) is 0 Å². The van der Waals surface area contributed by atoms with Crippen LogP contribution in [-0.4, -0.2) is 22.5 Å². The first-order valence-electron chi connectivity index (χ1n) is 7.80. The number of fused-ring (bicyclic) bond motifs is 2. The van der Waals surface area contributed by atoms with Gasteiger partial charge in [-0.2, -0.15) is 0 Å². The molecule has 1 amide bonds. The Labute approximate surface area is 130 Å². The second-order valence-electron chi connectivity index (χ2n) is 6.53. The smallest absolute Gasteiger partial charge is 0.227 e. The van der Waals surface area contributed by atoms with Gasteiger partial charge in [0.05, 0.1) is 6.42 Å². The molecule has 1 aliphatic carbocycles. The zero-order chi connectivity index (χ0) is 15.2. The zero-order valence-corrected chi connectivity index (χ0v) is 12.5. The highest BCUT2D eigenvalue weighted by atomic mass is 16.3. The maximum Gasteiger partial charge on any atom is 0.227 e. The van der Waals surface area contributed by atoms with Crippen molar-refractivity contribution in [3.8, 4) is 5.75 Å². The first kappa shape index (κ1) is 13.4. The van der Waals surface area contributed by atoms with Crippen LogP contribution in [0.2, 0.25) is 0 Å². The Morgan fingerprint density at radius 3 is 2.73 bits per heavy atom. The van der Waals surface area contributed by atoms with E-state index in [2.05, 4.69) is 24.3 Å². The molecule has 1 heterocycles. The van der Waals surface area contributed by atoms with Gasteiger partial charge in [0.1, 0.15) is 5.75 Å². The highest BCUT2D eigenvalue weighted by Crippen LogP contribution is 2.52. The Morgan fingerprint density at radius 2 is 1.95 bits per heavy atom. The average Bonchev–Trinajstić information content (AvgIpc) is 3.27. The van der Waals surface area contributed by atoms with Gasteiger partial charge in [0, 0.05) is 18.5 Å². The van der Waals surface area contributed by atoms with Crippen LogP contribution in [0.3, 0.4) is 0 Å². The lowest BCUT2D eigenvalue weighted by Gasteiger charge is -2.35. The van der Waals surface area contributed by atoms with Crippen LogP contribution in [-0.2, 0) is 23.2 Å². The normalized spacial score (nSPS) is 18.1. The highest BCUT2D eigenvalue weighted by Gasteiger charge is 2.49. The molecule has 2 aromatic rings. The third kappa shape index (κ3) is 2.27. The Kier molecular flexibility index (Phi) is 2.96. The molecule has 3 nitrogen and oxygen atoms in total. The van der Waals surface area contributed by atoms with Gasteiger partial charge < -0.3 is 10.0 Å². The van der Waals surface area contributed by atoms with Crippen LogP contribution in [0.4, 0.5) is 0 Å². The van der Waals surface area contributed by atoms with E-state index < -0.39 is 0 Å². The largest absolute Gasteiger partial charge is 0.508 e. The molecule has 1 fully saturated rings. The predicted molar refractivity (Wildman–Crippen MR) is 84.6 cm³/mol. The number of phenolic OH excluding ortho intramolecular Hbond substituents is 1. The van der Waals surface area contributed by atoms with E-state index >= 15 is 0 Å². The fourth-order valence-electron chi connectivity index (χ4n) is 3.60. The number of aromatic hydroxyl groups is 1. The Morgan fingerprint density at radius 1 is 1.14 bits per heavy atom. The second kappa shape index (κ2) is 4.87. The van der Waals surface area contributed by atoms with Gasteiger partial charge >= 0.3 is 0 Å². The summed E-state index contributed by atoms with van der Waals surface area (Å²) in [5, 5.41) is 9.53. The number of hydrogen-bond donors (Lipinski definition) is 1. The molecule has 2 aliphatic rings. The lowest BCUT2D eigenvalue weighted by Crippen LogP contribution is -2.42. The third-order valence-corrected chi connectivity index (χ3v) is 4.92. The molecule has 0 saturated heterocycles. The minimum atomic E-state index is 0.145. The fraction of sp³-hybridized carbons (Fsp3) is 0.316. The Hall–Kier alpha value is -2.29.